The Hall–Kier alpha value is -0.430. The number of nitrogens with zero attached hydrogens (tertiary/aromatic N) is 1. The lowest BCUT2D eigenvalue weighted by atomic mass is 10.1. The van der Waals surface area contributed by atoms with Crippen molar-refractivity contribution in [3.63, 3.8) is 0 Å². The molecule has 0 radical (unpaired) electrons. The summed E-state index contributed by atoms with van der Waals surface area (Å²) in [6.45, 7) is 4.05. The Morgan fingerprint density at radius 3 is 2.67 bits per heavy atom. The molecule has 0 saturated carbocycles. The highest BCUT2D eigenvalue weighted by atomic mass is 127. The molecule has 1 heterocycles. The second kappa shape index (κ2) is 10.3. The summed E-state index contributed by atoms with van der Waals surface area (Å²) in [6.07, 6.45) is 3.75. The molecule has 1 unspecified atom stereocenters. The molecule has 2 N–H and O–H groups in total. The monoisotopic (exact) mass is 419 g/mol. The fourth-order valence-corrected chi connectivity index (χ4v) is 3.69. The van der Waals surface area contributed by atoms with Crippen LogP contribution in [0.15, 0.2) is 29.3 Å². The number of hydrogen-bond acceptors (Lipinski definition) is 2. The Balaban J connectivity index is 0.00000220. The topological polar surface area (TPSA) is 36.4 Å². The van der Waals surface area contributed by atoms with E-state index >= 15 is 0 Å². The van der Waals surface area contributed by atoms with Gasteiger partial charge < -0.3 is 10.6 Å². The minimum Gasteiger partial charge on any atom is -0.355 e. The number of hydrogen-bond donors (Lipinski definition) is 2. The molecule has 0 spiro atoms. The Kier molecular flexibility index (Phi) is 9.15. The van der Waals surface area contributed by atoms with Crippen molar-refractivity contribution < 1.29 is 0 Å². The van der Waals surface area contributed by atoms with Crippen molar-refractivity contribution in [2.24, 2.45) is 4.99 Å². The molecular weight excluding hydrogens is 393 g/mol. The van der Waals surface area contributed by atoms with Crippen molar-refractivity contribution in [1.29, 1.82) is 0 Å². The van der Waals surface area contributed by atoms with Gasteiger partial charge in [-0.05, 0) is 36.1 Å². The molecule has 1 saturated heterocycles. The smallest absolute Gasteiger partial charge is 0.191 e. The predicted molar refractivity (Wildman–Crippen MR) is 105 cm³/mol. The van der Waals surface area contributed by atoms with Gasteiger partial charge in [-0.2, -0.15) is 11.8 Å². The fraction of sp³-hybridized carbons (Fsp3) is 0.562. The van der Waals surface area contributed by atoms with Crippen LogP contribution in [0.4, 0.5) is 0 Å². The molecule has 1 atom stereocenters. The van der Waals surface area contributed by atoms with E-state index in [2.05, 4.69) is 58.6 Å². The van der Waals surface area contributed by atoms with Crippen LogP contribution in [0.2, 0.25) is 0 Å². The van der Waals surface area contributed by atoms with Crippen LogP contribution >= 0.6 is 35.7 Å². The number of aryl methyl sites for hydroxylation is 1. The molecule has 118 valence electrons. The maximum absolute atomic E-state index is 4.30. The zero-order chi connectivity index (χ0) is 14.2. The van der Waals surface area contributed by atoms with Gasteiger partial charge in [0.05, 0.1) is 0 Å². The third-order valence-corrected chi connectivity index (χ3v) is 5.09. The zero-order valence-corrected chi connectivity index (χ0v) is 16.0. The molecule has 1 aliphatic rings. The highest BCUT2D eigenvalue weighted by Gasteiger charge is 2.15. The van der Waals surface area contributed by atoms with Gasteiger partial charge in [-0.1, -0.05) is 31.2 Å². The number of rotatable bonds is 5. The summed E-state index contributed by atoms with van der Waals surface area (Å²) in [5, 5.41) is 7.60. The van der Waals surface area contributed by atoms with Gasteiger partial charge in [0.1, 0.15) is 0 Å². The highest BCUT2D eigenvalue weighted by molar-refractivity contribution is 14.0. The first-order valence-electron chi connectivity index (χ1n) is 7.46. The lowest BCUT2D eigenvalue weighted by molar-refractivity contribution is 0.725. The van der Waals surface area contributed by atoms with E-state index in [-0.39, 0.29) is 24.0 Å². The molecule has 2 rings (SSSR count). The van der Waals surface area contributed by atoms with E-state index in [1.54, 1.807) is 0 Å². The van der Waals surface area contributed by atoms with Crippen LogP contribution in [0, 0.1) is 0 Å². The summed E-state index contributed by atoms with van der Waals surface area (Å²) < 4.78 is 0. The van der Waals surface area contributed by atoms with Crippen molar-refractivity contribution in [3.8, 4) is 0 Å². The largest absolute Gasteiger partial charge is 0.355 e. The van der Waals surface area contributed by atoms with Crippen LogP contribution < -0.4 is 10.6 Å². The van der Waals surface area contributed by atoms with Gasteiger partial charge in [0.15, 0.2) is 5.96 Å². The van der Waals surface area contributed by atoms with Gasteiger partial charge in [0.25, 0.3) is 0 Å². The van der Waals surface area contributed by atoms with E-state index in [4.69, 9.17) is 0 Å². The van der Waals surface area contributed by atoms with Crippen molar-refractivity contribution in [2.45, 2.75) is 38.0 Å². The number of benzene rings is 1. The van der Waals surface area contributed by atoms with Gasteiger partial charge >= 0.3 is 0 Å². The number of nitrogens with one attached hydrogen (secondary N) is 2. The summed E-state index contributed by atoms with van der Waals surface area (Å²) >= 11 is 2.07. The molecule has 5 heteroatoms. The second-order valence-electron chi connectivity index (χ2n) is 5.06. The molecular formula is C16H26IN3S. The minimum atomic E-state index is 0. The van der Waals surface area contributed by atoms with E-state index in [1.807, 2.05) is 7.05 Å². The van der Waals surface area contributed by atoms with E-state index in [1.165, 1.54) is 29.7 Å². The lowest BCUT2D eigenvalue weighted by Crippen LogP contribution is -2.39. The maximum atomic E-state index is 4.30. The van der Waals surface area contributed by atoms with Crippen molar-refractivity contribution in [2.75, 3.05) is 19.3 Å². The van der Waals surface area contributed by atoms with E-state index in [0.717, 1.165) is 30.7 Å². The fourth-order valence-electron chi connectivity index (χ4n) is 2.49. The molecule has 1 aliphatic heterocycles. The Bertz CT molecular complexity index is 445. The van der Waals surface area contributed by atoms with Crippen LogP contribution in [0.5, 0.6) is 0 Å². The Morgan fingerprint density at radius 2 is 2.05 bits per heavy atom. The van der Waals surface area contributed by atoms with Crippen LogP contribution in [-0.4, -0.2) is 30.6 Å². The van der Waals surface area contributed by atoms with Crippen molar-refractivity contribution in [1.82, 2.24) is 10.6 Å². The van der Waals surface area contributed by atoms with Crippen LogP contribution in [0.25, 0.3) is 0 Å². The van der Waals surface area contributed by atoms with Gasteiger partial charge in [0.2, 0.25) is 0 Å². The quantitative estimate of drug-likeness (QED) is 0.436. The molecule has 0 amide bonds. The van der Waals surface area contributed by atoms with Crippen molar-refractivity contribution in [3.05, 3.63) is 35.4 Å². The van der Waals surface area contributed by atoms with E-state index in [0.29, 0.717) is 0 Å². The summed E-state index contributed by atoms with van der Waals surface area (Å²) in [5.41, 5.74) is 2.76. The minimum absolute atomic E-state index is 0. The summed E-state index contributed by atoms with van der Waals surface area (Å²) in [5.74, 6) is 2.21. The number of guanidine groups is 1. The average Bonchev–Trinajstić information content (AvgIpc) is 3.01. The molecule has 1 aromatic rings. The number of thioether (sulfide) groups is 1. The van der Waals surface area contributed by atoms with Gasteiger partial charge in [-0.15, -0.1) is 24.0 Å². The molecule has 1 aromatic carbocycles. The van der Waals surface area contributed by atoms with Crippen LogP contribution in [-0.2, 0) is 13.0 Å². The number of aliphatic imine (C=N–C) groups is 1. The first-order chi connectivity index (χ1) is 9.83. The van der Waals surface area contributed by atoms with E-state index < -0.39 is 0 Å². The molecule has 0 aliphatic carbocycles. The third kappa shape index (κ3) is 6.06. The normalized spacial score (nSPS) is 18.2. The van der Waals surface area contributed by atoms with E-state index in [9.17, 15) is 0 Å². The lowest BCUT2D eigenvalue weighted by Gasteiger charge is -2.15. The predicted octanol–water partition coefficient (Wildman–Crippen LogP) is 3.43. The van der Waals surface area contributed by atoms with Crippen LogP contribution in [0.1, 0.15) is 30.9 Å². The van der Waals surface area contributed by atoms with Gasteiger partial charge in [-0.3, -0.25) is 4.99 Å². The maximum Gasteiger partial charge on any atom is 0.191 e. The van der Waals surface area contributed by atoms with Crippen molar-refractivity contribution >= 4 is 41.7 Å². The Labute approximate surface area is 149 Å². The molecule has 0 bridgehead atoms. The SMILES string of the molecule is CCc1ccccc1CNC(=NC)NCC1CCCS1.I. The Morgan fingerprint density at radius 1 is 1.29 bits per heavy atom. The zero-order valence-electron chi connectivity index (χ0n) is 12.9. The average molecular weight is 419 g/mol. The molecule has 21 heavy (non-hydrogen) atoms. The highest BCUT2D eigenvalue weighted by Crippen LogP contribution is 2.25. The molecule has 3 nitrogen and oxygen atoms in total. The van der Waals surface area contributed by atoms with Gasteiger partial charge in [-0.25, -0.2) is 0 Å². The molecule has 0 aromatic heterocycles. The second-order valence-corrected chi connectivity index (χ2v) is 6.47. The van der Waals surface area contributed by atoms with Gasteiger partial charge in [0, 0.05) is 25.4 Å². The first-order valence-corrected chi connectivity index (χ1v) is 8.51. The molecule has 1 fully saturated rings. The standard InChI is InChI=1S/C16H25N3S.HI/c1-3-13-7-4-5-8-14(13)11-18-16(17-2)19-12-15-9-6-10-20-15;/h4-5,7-8,15H,3,6,9-12H2,1-2H3,(H2,17,18,19);1H. The van der Waals surface area contributed by atoms with Crippen LogP contribution in [0.3, 0.4) is 0 Å². The summed E-state index contributed by atoms with van der Waals surface area (Å²) in [7, 11) is 1.84. The summed E-state index contributed by atoms with van der Waals surface area (Å²) in [4.78, 5) is 4.30. The summed E-state index contributed by atoms with van der Waals surface area (Å²) in [6, 6.07) is 8.59. The third-order valence-electron chi connectivity index (χ3n) is 3.69. The number of halogens is 1. The first kappa shape index (κ1) is 18.6.